The minimum atomic E-state index is -0.280. The quantitative estimate of drug-likeness (QED) is 0.864. The summed E-state index contributed by atoms with van der Waals surface area (Å²) >= 11 is 9.09. The molecule has 5 heteroatoms. The van der Waals surface area contributed by atoms with E-state index in [1.807, 2.05) is 24.3 Å². The first-order valence-corrected chi connectivity index (χ1v) is 7.43. The third kappa shape index (κ3) is 2.91. The van der Waals surface area contributed by atoms with E-state index >= 15 is 0 Å². The van der Waals surface area contributed by atoms with Crippen LogP contribution in [0.1, 0.15) is 5.56 Å². The Morgan fingerprint density at radius 3 is 2.95 bits per heavy atom. The van der Waals surface area contributed by atoms with E-state index in [9.17, 15) is 4.39 Å². The molecular weight excluding hydrogens is 345 g/mol. The molecule has 0 fully saturated rings. The molecule has 1 N–H and O–H groups in total. The average molecular weight is 357 g/mol. The number of hydrogen-bond donors (Lipinski definition) is 1. The van der Waals surface area contributed by atoms with Crippen LogP contribution in [0.4, 0.5) is 10.1 Å². The Labute approximate surface area is 130 Å². The van der Waals surface area contributed by atoms with Crippen LogP contribution in [0.15, 0.2) is 40.9 Å². The third-order valence-corrected chi connectivity index (χ3v) is 4.10. The highest BCUT2D eigenvalue weighted by molar-refractivity contribution is 9.10. The van der Waals surface area contributed by atoms with Gasteiger partial charge < -0.3 is 10.1 Å². The van der Waals surface area contributed by atoms with Crippen LogP contribution in [0.5, 0.6) is 5.75 Å². The number of ether oxygens (including phenoxy) is 1. The molecule has 2 aromatic rings. The fraction of sp³-hybridized carbons (Fsp3) is 0.200. The molecule has 0 aromatic heterocycles. The van der Waals surface area contributed by atoms with Crippen molar-refractivity contribution < 1.29 is 9.13 Å². The predicted octanol–water partition coefficient (Wildman–Crippen LogP) is 4.66. The summed E-state index contributed by atoms with van der Waals surface area (Å²) in [5.74, 6) is 0.598. The second-order valence-electron chi connectivity index (χ2n) is 4.71. The van der Waals surface area contributed by atoms with Gasteiger partial charge in [-0.25, -0.2) is 4.39 Å². The van der Waals surface area contributed by atoms with Gasteiger partial charge in [-0.3, -0.25) is 0 Å². The van der Waals surface area contributed by atoms with Gasteiger partial charge in [-0.15, -0.1) is 0 Å². The van der Waals surface area contributed by atoms with E-state index in [0.29, 0.717) is 11.0 Å². The van der Waals surface area contributed by atoms with Crippen molar-refractivity contribution in [2.24, 2.45) is 0 Å². The number of halogens is 3. The highest BCUT2D eigenvalue weighted by atomic mass is 79.9. The van der Waals surface area contributed by atoms with Gasteiger partial charge in [0, 0.05) is 17.1 Å². The topological polar surface area (TPSA) is 21.3 Å². The van der Waals surface area contributed by atoms with Crippen molar-refractivity contribution in [3.63, 3.8) is 0 Å². The molecule has 104 valence electrons. The summed E-state index contributed by atoms with van der Waals surface area (Å²) in [7, 11) is 0. The molecule has 0 aliphatic carbocycles. The maximum Gasteiger partial charge on any atom is 0.139 e. The second kappa shape index (κ2) is 5.62. The molecule has 0 saturated heterocycles. The van der Waals surface area contributed by atoms with Gasteiger partial charge in [-0.1, -0.05) is 11.6 Å². The molecule has 1 atom stereocenters. The van der Waals surface area contributed by atoms with E-state index < -0.39 is 0 Å². The van der Waals surface area contributed by atoms with Crippen molar-refractivity contribution in [3.05, 3.63) is 57.3 Å². The minimum Gasteiger partial charge on any atom is -0.488 e. The van der Waals surface area contributed by atoms with Crippen LogP contribution in [0.3, 0.4) is 0 Å². The first-order valence-electron chi connectivity index (χ1n) is 6.26. The van der Waals surface area contributed by atoms with E-state index in [2.05, 4.69) is 21.2 Å². The average Bonchev–Trinajstić information content (AvgIpc) is 2.82. The third-order valence-electron chi connectivity index (χ3n) is 3.22. The van der Waals surface area contributed by atoms with E-state index in [-0.39, 0.29) is 11.9 Å². The largest absolute Gasteiger partial charge is 0.488 e. The molecule has 1 aliphatic rings. The zero-order valence-electron chi connectivity index (χ0n) is 10.5. The van der Waals surface area contributed by atoms with E-state index in [1.54, 1.807) is 6.07 Å². The second-order valence-corrected chi connectivity index (χ2v) is 6.00. The van der Waals surface area contributed by atoms with Crippen molar-refractivity contribution in [2.45, 2.75) is 12.5 Å². The molecule has 0 amide bonds. The molecule has 2 nitrogen and oxygen atoms in total. The van der Waals surface area contributed by atoms with Crippen molar-refractivity contribution >= 4 is 33.2 Å². The van der Waals surface area contributed by atoms with Crippen molar-refractivity contribution in [3.8, 4) is 5.75 Å². The predicted molar refractivity (Wildman–Crippen MR) is 82.2 cm³/mol. The lowest BCUT2D eigenvalue weighted by atomic mass is 10.1. The number of rotatable bonds is 3. The van der Waals surface area contributed by atoms with Gasteiger partial charge >= 0.3 is 0 Å². The van der Waals surface area contributed by atoms with Crippen molar-refractivity contribution in [1.29, 1.82) is 0 Å². The Morgan fingerprint density at radius 2 is 2.15 bits per heavy atom. The van der Waals surface area contributed by atoms with Gasteiger partial charge in [0.25, 0.3) is 0 Å². The Hall–Kier alpha value is -1.26. The summed E-state index contributed by atoms with van der Waals surface area (Å²) in [6.07, 6.45) is 0.845. The van der Waals surface area contributed by atoms with Gasteiger partial charge in [-0.2, -0.15) is 0 Å². The molecular formula is C15H12BrClFNO. The molecule has 0 radical (unpaired) electrons. The summed E-state index contributed by atoms with van der Waals surface area (Å²) in [5.41, 5.74) is 1.86. The maximum atomic E-state index is 13.4. The zero-order chi connectivity index (χ0) is 14.1. The van der Waals surface area contributed by atoms with Gasteiger partial charge in [-0.05, 0) is 57.9 Å². The van der Waals surface area contributed by atoms with Crippen LogP contribution >= 0.6 is 27.5 Å². The molecule has 1 heterocycles. The fourth-order valence-electron chi connectivity index (χ4n) is 2.24. The lowest BCUT2D eigenvalue weighted by molar-refractivity contribution is 0.246. The molecule has 0 bridgehead atoms. The number of fused-ring (bicyclic) bond motifs is 1. The summed E-state index contributed by atoms with van der Waals surface area (Å²) in [6, 6.07) is 10.6. The van der Waals surface area contributed by atoms with Crippen LogP contribution in [-0.4, -0.2) is 12.6 Å². The van der Waals surface area contributed by atoms with Crippen LogP contribution < -0.4 is 10.1 Å². The molecule has 0 spiro atoms. The lowest BCUT2D eigenvalue weighted by Crippen LogP contribution is -2.23. The summed E-state index contributed by atoms with van der Waals surface area (Å²) < 4.78 is 19.7. The van der Waals surface area contributed by atoms with Gasteiger partial charge in [0.15, 0.2) is 0 Å². The first-order chi connectivity index (χ1) is 9.61. The first kappa shape index (κ1) is 13.7. The molecule has 2 aromatic carbocycles. The smallest absolute Gasteiger partial charge is 0.139 e. The number of hydrogen-bond acceptors (Lipinski definition) is 2. The van der Waals surface area contributed by atoms with Crippen LogP contribution in [0.25, 0.3) is 0 Å². The van der Waals surface area contributed by atoms with Gasteiger partial charge in [0.2, 0.25) is 0 Å². The highest BCUT2D eigenvalue weighted by Crippen LogP contribution is 2.31. The molecule has 1 unspecified atom stereocenters. The number of anilines is 1. The molecule has 20 heavy (non-hydrogen) atoms. The Kier molecular flexibility index (Phi) is 3.85. The van der Waals surface area contributed by atoms with E-state index in [1.165, 1.54) is 6.07 Å². The number of benzene rings is 2. The standard InChI is InChI=1S/C15H12BrClFNO/c16-13-3-2-11(7-14(13)18)19-8-12-6-9-5-10(17)1-4-15(9)20-12/h1-5,7,12,19H,6,8H2. The Bertz CT molecular complexity index is 650. The Balaban J connectivity index is 1.62. The van der Waals surface area contributed by atoms with Gasteiger partial charge in [0.05, 0.1) is 11.0 Å². The lowest BCUT2D eigenvalue weighted by Gasteiger charge is -2.13. The van der Waals surface area contributed by atoms with Crippen LogP contribution in [0.2, 0.25) is 5.02 Å². The fourth-order valence-corrected chi connectivity index (χ4v) is 2.68. The monoisotopic (exact) mass is 355 g/mol. The van der Waals surface area contributed by atoms with Crippen molar-refractivity contribution in [2.75, 3.05) is 11.9 Å². The molecule has 1 aliphatic heterocycles. The highest BCUT2D eigenvalue weighted by Gasteiger charge is 2.22. The normalized spacial score (nSPS) is 16.6. The van der Waals surface area contributed by atoms with Crippen LogP contribution in [0, 0.1) is 5.82 Å². The summed E-state index contributed by atoms with van der Waals surface area (Å²) in [4.78, 5) is 0. The molecule has 3 rings (SSSR count). The maximum absolute atomic E-state index is 13.4. The van der Waals surface area contributed by atoms with Gasteiger partial charge in [0.1, 0.15) is 17.7 Å². The Morgan fingerprint density at radius 1 is 1.30 bits per heavy atom. The zero-order valence-corrected chi connectivity index (χ0v) is 12.8. The van der Waals surface area contributed by atoms with E-state index in [4.69, 9.17) is 16.3 Å². The van der Waals surface area contributed by atoms with Crippen molar-refractivity contribution in [1.82, 2.24) is 0 Å². The summed E-state index contributed by atoms with van der Waals surface area (Å²) in [5, 5.41) is 3.90. The van der Waals surface area contributed by atoms with E-state index in [0.717, 1.165) is 28.4 Å². The summed E-state index contributed by atoms with van der Waals surface area (Å²) in [6.45, 7) is 0.618. The SMILES string of the molecule is Fc1cc(NCC2Cc3cc(Cl)ccc3O2)ccc1Br. The number of nitrogens with one attached hydrogen (secondary N) is 1. The minimum absolute atomic E-state index is 0.0372. The van der Waals surface area contributed by atoms with Crippen LogP contribution in [-0.2, 0) is 6.42 Å². The molecule has 0 saturated carbocycles.